The van der Waals surface area contributed by atoms with Crippen molar-refractivity contribution in [2.24, 2.45) is 0 Å². The molecule has 0 amide bonds. The topological polar surface area (TPSA) is 99.2 Å². The van der Waals surface area contributed by atoms with Gasteiger partial charge in [0.05, 0.1) is 23.7 Å². The molecule has 1 fully saturated rings. The fourth-order valence-corrected chi connectivity index (χ4v) is 3.75. The number of carbonyl (C=O) groups is 2. The van der Waals surface area contributed by atoms with Crippen molar-refractivity contribution in [1.29, 1.82) is 0 Å². The minimum Gasteiger partial charge on any atom is -0.457 e. The highest BCUT2D eigenvalue weighted by atomic mass is 32.2. The van der Waals surface area contributed by atoms with Crippen molar-refractivity contribution in [3.8, 4) is 0 Å². The van der Waals surface area contributed by atoms with Crippen LogP contribution in [0.5, 0.6) is 0 Å². The highest BCUT2D eigenvalue weighted by Gasteiger charge is 2.27. The smallest absolute Gasteiger partial charge is 0.344 e. The monoisotopic (exact) mass is 385 g/mol. The molecule has 1 aliphatic rings. The first-order chi connectivity index (χ1) is 12.1. The Bertz CT molecular complexity index is 762. The van der Waals surface area contributed by atoms with Gasteiger partial charge in [0.1, 0.15) is 5.60 Å². The number of rotatable bonds is 5. The zero-order valence-corrected chi connectivity index (χ0v) is 15.9. The predicted molar refractivity (Wildman–Crippen MR) is 92.1 cm³/mol. The number of ether oxygens (including phenoxy) is 3. The summed E-state index contributed by atoms with van der Waals surface area (Å²) >= 11 is 0. The Kier molecular flexibility index (Phi) is 6.38. The van der Waals surface area contributed by atoms with E-state index in [2.05, 4.69) is 0 Å². The Labute approximate surface area is 153 Å². The second-order valence-corrected chi connectivity index (χ2v) is 8.64. The second-order valence-electron chi connectivity index (χ2n) is 6.71. The molecule has 144 valence electrons. The molecule has 1 aromatic rings. The number of morpholine rings is 1. The van der Waals surface area contributed by atoms with E-state index in [1.165, 1.54) is 28.6 Å². The molecule has 0 aliphatic carbocycles. The van der Waals surface area contributed by atoms with Gasteiger partial charge in [-0.25, -0.2) is 18.0 Å². The van der Waals surface area contributed by atoms with Gasteiger partial charge in [0.2, 0.25) is 10.0 Å². The Morgan fingerprint density at radius 3 is 2.46 bits per heavy atom. The summed E-state index contributed by atoms with van der Waals surface area (Å²) in [6.07, 6.45) is 0. The van der Waals surface area contributed by atoms with Crippen molar-refractivity contribution in [2.45, 2.75) is 31.3 Å². The average Bonchev–Trinajstić information content (AvgIpc) is 2.59. The summed E-state index contributed by atoms with van der Waals surface area (Å²) < 4.78 is 41.7. The van der Waals surface area contributed by atoms with E-state index in [1.54, 1.807) is 20.8 Å². The van der Waals surface area contributed by atoms with Gasteiger partial charge in [-0.3, -0.25) is 0 Å². The lowest BCUT2D eigenvalue weighted by Gasteiger charge is -2.26. The second kappa shape index (κ2) is 8.15. The Hall–Kier alpha value is -1.97. The van der Waals surface area contributed by atoms with Crippen molar-refractivity contribution in [2.75, 3.05) is 32.9 Å². The maximum Gasteiger partial charge on any atom is 0.344 e. The summed E-state index contributed by atoms with van der Waals surface area (Å²) in [7, 11) is -3.72. The van der Waals surface area contributed by atoms with Crippen LogP contribution in [0.3, 0.4) is 0 Å². The molecule has 0 atom stereocenters. The zero-order chi connectivity index (χ0) is 19.4. The number of nitrogens with zero attached hydrogens (tertiary/aromatic N) is 1. The zero-order valence-electron chi connectivity index (χ0n) is 15.1. The first-order valence-electron chi connectivity index (χ1n) is 8.16. The Morgan fingerprint density at radius 2 is 1.85 bits per heavy atom. The number of esters is 2. The van der Waals surface area contributed by atoms with Gasteiger partial charge in [-0.15, -0.1) is 0 Å². The minimum atomic E-state index is -3.72. The summed E-state index contributed by atoms with van der Waals surface area (Å²) in [5.74, 6) is -1.47. The molecule has 0 radical (unpaired) electrons. The third kappa shape index (κ3) is 5.52. The molecule has 1 heterocycles. The van der Waals surface area contributed by atoms with Crippen LogP contribution in [0.2, 0.25) is 0 Å². The highest BCUT2D eigenvalue weighted by Crippen LogP contribution is 2.19. The molecule has 26 heavy (non-hydrogen) atoms. The van der Waals surface area contributed by atoms with Crippen molar-refractivity contribution in [3.63, 3.8) is 0 Å². The molecule has 8 nitrogen and oxygen atoms in total. The van der Waals surface area contributed by atoms with Crippen molar-refractivity contribution < 1.29 is 32.2 Å². The first-order valence-corrected chi connectivity index (χ1v) is 9.60. The lowest BCUT2D eigenvalue weighted by Crippen LogP contribution is -2.40. The van der Waals surface area contributed by atoms with Crippen LogP contribution < -0.4 is 0 Å². The molecule has 0 unspecified atom stereocenters. The van der Waals surface area contributed by atoms with E-state index in [0.717, 1.165) is 0 Å². The van der Waals surface area contributed by atoms with Crippen LogP contribution in [0.15, 0.2) is 29.2 Å². The van der Waals surface area contributed by atoms with Crippen LogP contribution in [0.25, 0.3) is 0 Å². The first kappa shape index (κ1) is 20.3. The standard InChI is InChI=1S/C17H23NO7S/c1-17(2,3)25-15(19)12-24-16(20)13-5-4-6-14(11-13)26(21,22)18-7-9-23-10-8-18/h4-6,11H,7-10,12H2,1-3H3. The molecule has 0 N–H and O–H groups in total. The number of carbonyl (C=O) groups excluding carboxylic acids is 2. The summed E-state index contributed by atoms with van der Waals surface area (Å²) in [6, 6.07) is 5.53. The fraction of sp³-hybridized carbons (Fsp3) is 0.529. The van der Waals surface area contributed by atoms with E-state index in [4.69, 9.17) is 14.2 Å². The molecular weight excluding hydrogens is 362 g/mol. The molecule has 0 spiro atoms. The van der Waals surface area contributed by atoms with Gasteiger partial charge in [0.15, 0.2) is 6.61 Å². The van der Waals surface area contributed by atoms with Crippen LogP contribution in [0.1, 0.15) is 31.1 Å². The largest absolute Gasteiger partial charge is 0.457 e. The van der Waals surface area contributed by atoms with Gasteiger partial charge in [0, 0.05) is 13.1 Å². The summed E-state index contributed by atoms with van der Waals surface area (Å²) in [5, 5.41) is 0. The van der Waals surface area contributed by atoms with E-state index in [-0.39, 0.29) is 23.5 Å². The summed E-state index contributed by atoms with van der Waals surface area (Å²) in [5.41, 5.74) is -0.641. The quantitative estimate of drug-likeness (QED) is 0.702. The van der Waals surface area contributed by atoms with Crippen LogP contribution in [0, 0.1) is 0 Å². The van der Waals surface area contributed by atoms with Crippen LogP contribution in [-0.2, 0) is 29.0 Å². The third-order valence-electron chi connectivity index (χ3n) is 3.42. The molecule has 0 bridgehead atoms. The van der Waals surface area contributed by atoms with E-state index in [1.807, 2.05) is 0 Å². The van der Waals surface area contributed by atoms with Gasteiger partial charge in [0.25, 0.3) is 0 Å². The molecule has 2 rings (SSSR count). The van der Waals surface area contributed by atoms with E-state index < -0.39 is 34.2 Å². The van der Waals surface area contributed by atoms with Gasteiger partial charge in [-0.05, 0) is 39.0 Å². The average molecular weight is 385 g/mol. The van der Waals surface area contributed by atoms with Crippen LogP contribution >= 0.6 is 0 Å². The number of hydrogen-bond donors (Lipinski definition) is 0. The number of sulfonamides is 1. The normalized spacial score (nSPS) is 16.1. The lowest BCUT2D eigenvalue weighted by molar-refractivity contribution is -0.158. The van der Waals surface area contributed by atoms with Gasteiger partial charge < -0.3 is 14.2 Å². The maximum atomic E-state index is 12.6. The number of hydrogen-bond acceptors (Lipinski definition) is 7. The summed E-state index contributed by atoms with van der Waals surface area (Å²) in [6.45, 7) is 5.74. The minimum absolute atomic E-state index is 0.00822. The van der Waals surface area contributed by atoms with Gasteiger partial charge in [-0.2, -0.15) is 4.31 Å². The summed E-state index contributed by atoms with van der Waals surface area (Å²) in [4.78, 5) is 23.7. The van der Waals surface area contributed by atoms with Crippen LogP contribution in [-0.4, -0.2) is 63.2 Å². The van der Waals surface area contributed by atoms with Gasteiger partial charge in [-0.1, -0.05) is 6.07 Å². The van der Waals surface area contributed by atoms with Crippen molar-refractivity contribution in [3.05, 3.63) is 29.8 Å². The van der Waals surface area contributed by atoms with E-state index >= 15 is 0 Å². The van der Waals surface area contributed by atoms with Crippen LogP contribution in [0.4, 0.5) is 0 Å². The molecule has 1 aliphatic heterocycles. The van der Waals surface area contributed by atoms with Crippen molar-refractivity contribution >= 4 is 22.0 Å². The SMILES string of the molecule is CC(C)(C)OC(=O)COC(=O)c1cccc(S(=O)(=O)N2CCOCC2)c1. The third-order valence-corrected chi connectivity index (χ3v) is 5.31. The molecular formula is C17H23NO7S. The highest BCUT2D eigenvalue weighted by molar-refractivity contribution is 7.89. The fourth-order valence-electron chi connectivity index (χ4n) is 2.30. The molecule has 1 aromatic carbocycles. The molecule has 0 aromatic heterocycles. The molecule has 0 saturated carbocycles. The molecule has 9 heteroatoms. The van der Waals surface area contributed by atoms with Crippen molar-refractivity contribution in [1.82, 2.24) is 4.31 Å². The van der Waals surface area contributed by atoms with E-state index in [0.29, 0.717) is 13.2 Å². The predicted octanol–water partition coefficient (Wildman–Crippen LogP) is 1.21. The number of benzene rings is 1. The Balaban J connectivity index is 2.06. The van der Waals surface area contributed by atoms with E-state index in [9.17, 15) is 18.0 Å². The lowest BCUT2D eigenvalue weighted by atomic mass is 10.2. The Morgan fingerprint density at radius 1 is 1.19 bits per heavy atom. The molecule has 1 saturated heterocycles. The van der Waals surface area contributed by atoms with Gasteiger partial charge >= 0.3 is 11.9 Å². The maximum absolute atomic E-state index is 12.6.